The first-order valence-electron chi connectivity index (χ1n) is 8.35. The van der Waals surface area contributed by atoms with Crippen LogP contribution in [0.3, 0.4) is 0 Å². The molecule has 2 heterocycles. The number of fused-ring (bicyclic) bond motifs is 1. The summed E-state index contributed by atoms with van der Waals surface area (Å²) in [5.74, 6) is 0.976. The molecule has 122 valence electrons. The fraction of sp³-hybridized carbons (Fsp3) is 0.474. The van der Waals surface area contributed by atoms with E-state index in [4.69, 9.17) is 0 Å². The lowest BCUT2D eigenvalue weighted by Gasteiger charge is -2.23. The molecule has 1 aliphatic heterocycles. The molecule has 23 heavy (non-hydrogen) atoms. The van der Waals surface area contributed by atoms with Gasteiger partial charge in [-0.2, -0.15) is 0 Å². The maximum absolute atomic E-state index is 4.46. The molecule has 0 spiro atoms. The van der Waals surface area contributed by atoms with Crippen LogP contribution in [0.15, 0.2) is 30.6 Å². The fourth-order valence-electron chi connectivity index (χ4n) is 2.97. The molecule has 1 aliphatic rings. The molecular formula is C19H26N4. The van der Waals surface area contributed by atoms with Gasteiger partial charge in [0.2, 0.25) is 0 Å². The molecule has 4 heteroatoms. The lowest BCUT2D eigenvalue weighted by Crippen LogP contribution is -2.26. The summed E-state index contributed by atoms with van der Waals surface area (Å²) in [7, 11) is 0. The van der Waals surface area contributed by atoms with Gasteiger partial charge in [0, 0.05) is 18.2 Å². The summed E-state index contributed by atoms with van der Waals surface area (Å²) in [5.41, 5.74) is 5.19. The van der Waals surface area contributed by atoms with Gasteiger partial charge in [-0.15, -0.1) is 0 Å². The fourth-order valence-corrected chi connectivity index (χ4v) is 2.97. The predicted octanol–water partition coefficient (Wildman–Crippen LogP) is 3.59. The number of rotatable bonds is 3. The Bertz CT molecular complexity index is 671. The molecule has 0 radical (unpaired) electrons. The first kappa shape index (κ1) is 15.9. The van der Waals surface area contributed by atoms with Gasteiger partial charge < -0.3 is 10.6 Å². The van der Waals surface area contributed by atoms with Crippen LogP contribution in [0.4, 0.5) is 5.82 Å². The zero-order valence-corrected chi connectivity index (χ0v) is 14.5. The molecule has 0 saturated carbocycles. The molecule has 0 amide bonds. The summed E-state index contributed by atoms with van der Waals surface area (Å²) in [6.45, 7) is 10.7. The Kier molecular flexibility index (Phi) is 4.35. The highest BCUT2D eigenvalue weighted by atomic mass is 15.1. The van der Waals surface area contributed by atoms with E-state index in [1.165, 1.54) is 16.7 Å². The number of nitrogens with zero attached hydrogens (tertiary/aromatic N) is 2. The minimum atomic E-state index is 0.188. The van der Waals surface area contributed by atoms with Crippen molar-refractivity contribution >= 4 is 5.82 Å². The Balaban J connectivity index is 1.78. The first-order valence-corrected chi connectivity index (χ1v) is 8.35. The van der Waals surface area contributed by atoms with Crippen LogP contribution in [0.2, 0.25) is 0 Å². The van der Waals surface area contributed by atoms with Crippen molar-refractivity contribution in [1.82, 2.24) is 15.3 Å². The summed E-state index contributed by atoms with van der Waals surface area (Å²) >= 11 is 0. The van der Waals surface area contributed by atoms with Gasteiger partial charge in [0.25, 0.3) is 0 Å². The van der Waals surface area contributed by atoms with Gasteiger partial charge in [-0.3, -0.25) is 0 Å². The van der Waals surface area contributed by atoms with Gasteiger partial charge >= 0.3 is 0 Å². The number of nitrogens with one attached hydrogen (secondary N) is 2. The standard InChI is InChI=1S/C19H26N4/c1-13(14-5-7-15(8-6-14)19(2,3)4)23-18-16-9-10-20-11-17(16)21-12-22-18/h5-8,12-13,20H,9-11H2,1-4H3,(H,21,22,23)/t13-/m1/s1. The van der Waals surface area contributed by atoms with Crippen LogP contribution in [-0.4, -0.2) is 16.5 Å². The Morgan fingerprint density at radius 1 is 1.13 bits per heavy atom. The zero-order chi connectivity index (χ0) is 16.4. The first-order chi connectivity index (χ1) is 10.9. The van der Waals surface area contributed by atoms with E-state index in [1.807, 2.05) is 0 Å². The van der Waals surface area contributed by atoms with E-state index in [-0.39, 0.29) is 11.5 Å². The van der Waals surface area contributed by atoms with Crippen molar-refractivity contribution < 1.29 is 0 Å². The average Bonchev–Trinajstić information content (AvgIpc) is 2.54. The van der Waals surface area contributed by atoms with Gasteiger partial charge in [0.1, 0.15) is 12.1 Å². The van der Waals surface area contributed by atoms with E-state index >= 15 is 0 Å². The number of hydrogen-bond acceptors (Lipinski definition) is 4. The van der Waals surface area contributed by atoms with E-state index in [0.29, 0.717) is 0 Å². The molecule has 2 aromatic rings. The second-order valence-corrected chi connectivity index (χ2v) is 7.31. The van der Waals surface area contributed by atoms with Crippen molar-refractivity contribution in [2.45, 2.75) is 52.1 Å². The van der Waals surface area contributed by atoms with Gasteiger partial charge in [-0.1, -0.05) is 45.0 Å². The van der Waals surface area contributed by atoms with Crippen LogP contribution in [0.5, 0.6) is 0 Å². The zero-order valence-electron chi connectivity index (χ0n) is 14.5. The Hall–Kier alpha value is -1.94. The molecule has 0 saturated heterocycles. The largest absolute Gasteiger partial charge is 0.363 e. The third-order valence-corrected chi connectivity index (χ3v) is 4.51. The Morgan fingerprint density at radius 3 is 2.57 bits per heavy atom. The topological polar surface area (TPSA) is 49.8 Å². The SMILES string of the molecule is C[C@@H](Nc1ncnc2c1CCNC2)c1ccc(C(C)(C)C)cc1. The Morgan fingerprint density at radius 2 is 1.87 bits per heavy atom. The summed E-state index contributed by atoms with van der Waals surface area (Å²) in [6, 6.07) is 9.11. The molecule has 0 fully saturated rings. The van der Waals surface area contributed by atoms with E-state index in [0.717, 1.165) is 31.0 Å². The maximum Gasteiger partial charge on any atom is 0.133 e. The van der Waals surface area contributed by atoms with Crippen molar-refractivity contribution in [2.75, 3.05) is 11.9 Å². The van der Waals surface area contributed by atoms with Crippen molar-refractivity contribution in [1.29, 1.82) is 0 Å². The lowest BCUT2D eigenvalue weighted by atomic mass is 9.86. The second-order valence-electron chi connectivity index (χ2n) is 7.31. The van der Waals surface area contributed by atoms with Crippen LogP contribution in [0.1, 0.15) is 56.1 Å². The third kappa shape index (κ3) is 3.53. The summed E-state index contributed by atoms with van der Waals surface area (Å²) in [5, 5.41) is 6.92. The molecule has 0 aliphatic carbocycles. The van der Waals surface area contributed by atoms with E-state index in [9.17, 15) is 0 Å². The van der Waals surface area contributed by atoms with E-state index < -0.39 is 0 Å². The van der Waals surface area contributed by atoms with Crippen molar-refractivity contribution in [3.8, 4) is 0 Å². The van der Waals surface area contributed by atoms with E-state index in [1.54, 1.807) is 6.33 Å². The third-order valence-electron chi connectivity index (χ3n) is 4.51. The Labute approximate surface area is 138 Å². The highest BCUT2D eigenvalue weighted by Gasteiger charge is 2.18. The number of aromatic nitrogens is 2. The molecule has 0 bridgehead atoms. The quantitative estimate of drug-likeness (QED) is 0.909. The number of hydrogen-bond donors (Lipinski definition) is 2. The number of benzene rings is 1. The summed E-state index contributed by atoms with van der Waals surface area (Å²) in [4.78, 5) is 8.85. The predicted molar refractivity (Wildman–Crippen MR) is 94.6 cm³/mol. The summed E-state index contributed by atoms with van der Waals surface area (Å²) in [6.07, 6.45) is 2.64. The van der Waals surface area contributed by atoms with Gasteiger partial charge in [0.15, 0.2) is 0 Å². The van der Waals surface area contributed by atoms with Crippen molar-refractivity contribution in [3.63, 3.8) is 0 Å². The second kappa shape index (κ2) is 6.28. The minimum Gasteiger partial charge on any atom is -0.363 e. The molecule has 1 aromatic carbocycles. The van der Waals surface area contributed by atoms with Crippen LogP contribution in [0, 0.1) is 0 Å². The summed E-state index contributed by atoms with van der Waals surface area (Å²) < 4.78 is 0. The smallest absolute Gasteiger partial charge is 0.133 e. The molecule has 1 atom stereocenters. The van der Waals surface area contributed by atoms with Gasteiger partial charge in [0.05, 0.1) is 5.69 Å². The monoisotopic (exact) mass is 310 g/mol. The molecule has 1 aromatic heterocycles. The normalized spacial score (nSPS) is 15.8. The van der Waals surface area contributed by atoms with Crippen LogP contribution in [-0.2, 0) is 18.4 Å². The van der Waals surface area contributed by atoms with Crippen LogP contribution in [0.25, 0.3) is 0 Å². The molecule has 2 N–H and O–H groups in total. The van der Waals surface area contributed by atoms with E-state index in [2.05, 4.69) is 72.6 Å². The lowest BCUT2D eigenvalue weighted by molar-refractivity contribution is 0.589. The maximum atomic E-state index is 4.46. The van der Waals surface area contributed by atoms with Crippen molar-refractivity contribution in [2.24, 2.45) is 0 Å². The molecule has 3 rings (SSSR count). The highest BCUT2D eigenvalue weighted by Crippen LogP contribution is 2.26. The van der Waals surface area contributed by atoms with Crippen LogP contribution < -0.4 is 10.6 Å². The number of anilines is 1. The van der Waals surface area contributed by atoms with Crippen molar-refractivity contribution in [3.05, 3.63) is 53.0 Å². The van der Waals surface area contributed by atoms with Gasteiger partial charge in [-0.25, -0.2) is 9.97 Å². The molecular weight excluding hydrogens is 284 g/mol. The molecule has 0 unspecified atom stereocenters. The van der Waals surface area contributed by atoms with Crippen LogP contribution >= 0.6 is 0 Å². The minimum absolute atomic E-state index is 0.188. The molecule has 4 nitrogen and oxygen atoms in total. The average molecular weight is 310 g/mol. The highest BCUT2D eigenvalue weighted by molar-refractivity contribution is 5.49. The van der Waals surface area contributed by atoms with Gasteiger partial charge in [-0.05, 0) is 36.4 Å².